The maximum Gasteiger partial charge on any atom is 0.344 e. The topological polar surface area (TPSA) is 58.9 Å². The molecule has 0 aliphatic heterocycles. The number of carboxylic acid groups (broad SMARTS) is 1. The molecule has 1 aromatic carbocycles. The Labute approximate surface area is 99.9 Å². The van der Waals surface area contributed by atoms with Crippen molar-refractivity contribution in [3.05, 3.63) is 35.4 Å². The normalized spacial score (nSPS) is 15.1. The fraction of sp³-hybridized carbons (Fsp3) is 0.385. The van der Waals surface area contributed by atoms with Crippen LogP contribution in [-0.4, -0.2) is 23.9 Å². The Kier molecular flexibility index (Phi) is 3.75. The molecule has 4 heteroatoms. The third kappa shape index (κ3) is 3.90. The van der Waals surface area contributed by atoms with Gasteiger partial charge in [0.15, 0.2) is 0 Å². The molecule has 0 bridgehead atoms. The van der Waals surface area contributed by atoms with Gasteiger partial charge in [0.25, 0.3) is 0 Å². The highest BCUT2D eigenvalue weighted by atomic mass is 16.6. The van der Waals surface area contributed by atoms with Crippen molar-refractivity contribution in [3.8, 4) is 0 Å². The van der Waals surface area contributed by atoms with Gasteiger partial charge in [0.2, 0.25) is 6.61 Å². The third-order valence-electron chi connectivity index (χ3n) is 2.69. The number of hydrogen-bond donors (Lipinski definition) is 1. The molecule has 1 fully saturated rings. The lowest BCUT2D eigenvalue weighted by Gasteiger charge is -2.00. The fourth-order valence-corrected chi connectivity index (χ4v) is 1.63. The molecule has 0 spiro atoms. The molecule has 1 aliphatic rings. The first-order valence-electron chi connectivity index (χ1n) is 5.70. The highest BCUT2D eigenvalue weighted by Crippen LogP contribution is 2.39. The van der Waals surface area contributed by atoms with Gasteiger partial charge in [0.1, 0.15) is 0 Å². The molecule has 1 N–H and O–H groups in total. The molecule has 1 aliphatic carbocycles. The van der Waals surface area contributed by atoms with Gasteiger partial charge >= 0.3 is 5.97 Å². The Bertz CT molecular complexity index is 407. The average molecular weight is 233 g/mol. The van der Waals surface area contributed by atoms with Crippen molar-refractivity contribution in [3.63, 3.8) is 0 Å². The van der Waals surface area contributed by atoms with E-state index in [2.05, 4.69) is 34.3 Å². The van der Waals surface area contributed by atoms with Crippen molar-refractivity contribution in [2.45, 2.75) is 25.2 Å². The van der Waals surface area contributed by atoms with Crippen molar-refractivity contribution in [1.82, 2.24) is 0 Å². The van der Waals surface area contributed by atoms with Crippen molar-refractivity contribution < 1.29 is 14.7 Å². The summed E-state index contributed by atoms with van der Waals surface area (Å²) in [5.74, 6) is -0.243. The number of carbonyl (C=O) groups is 1. The van der Waals surface area contributed by atoms with E-state index in [0.717, 1.165) is 11.5 Å². The zero-order valence-corrected chi connectivity index (χ0v) is 9.50. The number of aliphatic carboxylic acids is 1. The SMILES string of the molecule is O=C(O)CON=CCc1ccc(C2CC2)cc1. The minimum atomic E-state index is -1.02. The monoisotopic (exact) mass is 233 g/mol. The molecular formula is C13H15NO3. The van der Waals surface area contributed by atoms with Crippen LogP contribution in [0.2, 0.25) is 0 Å². The van der Waals surface area contributed by atoms with E-state index in [1.807, 2.05) is 0 Å². The van der Waals surface area contributed by atoms with Crippen molar-refractivity contribution in [2.24, 2.45) is 5.16 Å². The molecule has 1 aromatic rings. The first-order chi connectivity index (χ1) is 8.25. The van der Waals surface area contributed by atoms with Crippen LogP contribution in [0.4, 0.5) is 0 Å². The van der Waals surface area contributed by atoms with Gasteiger partial charge in [-0.3, -0.25) is 0 Å². The predicted molar refractivity (Wildman–Crippen MR) is 64.2 cm³/mol. The van der Waals surface area contributed by atoms with E-state index < -0.39 is 12.6 Å². The summed E-state index contributed by atoms with van der Waals surface area (Å²) in [6.07, 6.45) is 4.85. The van der Waals surface area contributed by atoms with E-state index in [1.54, 1.807) is 6.21 Å². The summed E-state index contributed by atoms with van der Waals surface area (Å²) in [6, 6.07) is 8.46. The fourth-order valence-electron chi connectivity index (χ4n) is 1.63. The molecule has 0 saturated heterocycles. The molecule has 4 nitrogen and oxygen atoms in total. The second kappa shape index (κ2) is 5.48. The minimum Gasteiger partial charge on any atom is -0.479 e. The number of oxime groups is 1. The summed E-state index contributed by atoms with van der Waals surface area (Å²) in [5, 5.41) is 11.9. The molecule has 90 valence electrons. The highest BCUT2D eigenvalue weighted by molar-refractivity contribution is 5.68. The Morgan fingerprint density at radius 1 is 1.41 bits per heavy atom. The standard InChI is InChI=1S/C13H15NO3/c15-13(16)9-17-14-8-7-10-1-3-11(4-2-10)12-5-6-12/h1-4,8,12H,5-7,9H2,(H,15,16). The summed E-state index contributed by atoms with van der Waals surface area (Å²) in [6.45, 7) is -0.392. The maximum atomic E-state index is 10.1. The second-order valence-corrected chi connectivity index (χ2v) is 4.18. The molecule has 2 rings (SSSR count). The maximum absolute atomic E-state index is 10.1. The third-order valence-corrected chi connectivity index (χ3v) is 2.69. The van der Waals surface area contributed by atoms with E-state index in [-0.39, 0.29) is 0 Å². The van der Waals surface area contributed by atoms with E-state index >= 15 is 0 Å². The second-order valence-electron chi connectivity index (χ2n) is 4.18. The number of hydrogen-bond acceptors (Lipinski definition) is 3. The van der Waals surface area contributed by atoms with Crippen molar-refractivity contribution in [1.29, 1.82) is 0 Å². The van der Waals surface area contributed by atoms with Crippen LogP contribution in [0.25, 0.3) is 0 Å². The van der Waals surface area contributed by atoms with Gasteiger partial charge in [-0.2, -0.15) is 0 Å². The molecule has 0 heterocycles. The molecule has 0 unspecified atom stereocenters. The quantitative estimate of drug-likeness (QED) is 0.605. The molecule has 0 atom stereocenters. The number of rotatable bonds is 6. The van der Waals surface area contributed by atoms with Crippen LogP contribution in [0.15, 0.2) is 29.4 Å². The van der Waals surface area contributed by atoms with Gasteiger partial charge < -0.3 is 9.94 Å². The van der Waals surface area contributed by atoms with Gasteiger partial charge in [-0.05, 0) is 29.9 Å². The lowest BCUT2D eigenvalue weighted by molar-refractivity contribution is -0.142. The lowest BCUT2D eigenvalue weighted by Crippen LogP contribution is -2.03. The molecule has 0 aromatic heterocycles. The van der Waals surface area contributed by atoms with Crippen molar-refractivity contribution >= 4 is 12.2 Å². The lowest BCUT2D eigenvalue weighted by atomic mass is 10.1. The zero-order chi connectivity index (χ0) is 12.1. The summed E-state index contributed by atoms with van der Waals surface area (Å²) in [5.41, 5.74) is 2.56. The Morgan fingerprint density at radius 2 is 2.12 bits per heavy atom. The average Bonchev–Trinajstić information content (AvgIpc) is 3.13. The largest absolute Gasteiger partial charge is 0.479 e. The zero-order valence-electron chi connectivity index (χ0n) is 9.50. The smallest absolute Gasteiger partial charge is 0.344 e. The van der Waals surface area contributed by atoms with Gasteiger partial charge in [-0.15, -0.1) is 0 Å². The van der Waals surface area contributed by atoms with Gasteiger partial charge in [0, 0.05) is 12.6 Å². The van der Waals surface area contributed by atoms with Crippen LogP contribution < -0.4 is 0 Å². The number of nitrogens with zero attached hydrogens (tertiary/aromatic N) is 1. The van der Waals surface area contributed by atoms with E-state index in [0.29, 0.717) is 6.42 Å². The van der Waals surface area contributed by atoms with E-state index in [9.17, 15) is 4.79 Å². The first kappa shape index (κ1) is 11.6. The van der Waals surface area contributed by atoms with Crippen LogP contribution in [0, 0.1) is 0 Å². The number of carboxylic acids is 1. The van der Waals surface area contributed by atoms with E-state index in [1.165, 1.54) is 18.4 Å². The highest BCUT2D eigenvalue weighted by Gasteiger charge is 2.22. The number of benzene rings is 1. The van der Waals surface area contributed by atoms with Crippen LogP contribution in [0.3, 0.4) is 0 Å². The van der Waals surface area contributed by atoms with Crippen LogP contribution >= 0.6 is 0 Å². The summed E-state index contributed by atoms with van der Waals surface area (Å²) in [7, 11) is 0. The minimum absolute atomic E-state index is 0.392. The molecule has 0 radical (unpaired) electrons. The van der Waals surface area contributed by atoms with Gasteiger partial charge in [0.05, 0.1) is 0 Å². The summed E-state index contributed by atoms with van der Waals surface area (Å²) in [4.78, 5) is 14.7. The van der Waals surface area contributed by atoms with Crippen molar-refractivity contribution in [2.75, 3.05) is 6.61 Å². The first-order valence-corrected chi connectivity index (χ1v) is 5.70. The van der Waals surface area contributed by atoms with Crippen LogP contribution in [0.5, 0.6) is 0 Å². The summed E-state index contributed by atoms with van der Waals surface area (Å²) >= 11 is 0. The molecule has 1 saturated carbocycles. The predicted octanol–water partition coefficient (Wildman–Crippen LogP) is 2.19. The molecular weight excluding hydrogens is 218 g/mol. The van der Waals surface area contributed by atoms with Crippen LogP contribution in [-0.2, 0) is 16.1 Å². The Morgan fingerprint density at radius 3 is 2.71 bits per heavy atom. The van der Waals surface area contributed by atoms with E-state index in [4.69, 9.17) is 5.11 Å². The summed E-state index contributed by atoms with van der Waals surface area (Å²) < 4.78 is 0. The Balaban J connectivity index is 1.76. The van der Waals surface area contributed by atoms with Gasteiger partial charge in [-0.1, -0.05) is 29.4 Å². The molecule has 17 heavy (non-hydrogen) atoms. The molecule has 0 amide bonds. The Hall–Kier alpha value is -1.84. The van der Waals surface area contributed by atoms with Gasteiger partial charge in [-0.25, -0.2) is 4.79 Å². The van der Waals surface area contributed by atoms with Crippen LogP contribution in [0.1, 0.15) is 29.9 Å².